The molecule has 0 amide bonds. The highest BCUT2D eigenvalue weighted by molar-refractivity contribution is 5.79. The van der Waals surface area contributed by atoms with Crippen LogP contribution >= 0.6 is 0 Å². The first-order chi connectivity index (χ1) is 10.1. The predicted molar refractivity (Wildman–Crippen MR) is 81.6 cm³/mol. The van der Waals surface area contributed by atoms with Crippen LogP contribution in [0.5, 0.6) is 0 Å². The standard InChI is InChI=1S/C15H30N2O4/c1-4-16-15(14(18)19)7-5-6-13(12-15)17(8-10-20-2)9-11-21-3/h13,16H,4-12H2,1-3H3,(H,18,19). The molecule has 1 saturated carbocycles. The molecule has 2 atom stereocenters. The molecular weight excluding hydrogens is 272 g/mol. The third-order valence-electron chi connectivity index (χ3n) is 4.33. The van der Waals surface area contributed by atoms with E-state index < -0.39 is 11.5 Å². The molecule has 0 bridgehead atoms. The van der Waals surface area contributed by atoms with Crippen molar-refractivity contribution in [1.29, 1.82) is 0 Å². The number of ether oxygens (including phenoxy) is 2. The van der Waals surface area contributed by atoms with Gasteiger partial charge < -0.3 is 19.9 Å². The summed E-state index contributed by atoms with van der Waals surface area (Å²) in [5.41, 5.74) is -0.782. The molecule has 2 unspecified atom stereocenters. The fourth-order valence-corrected chi connectivity index (χ4v) is 3.22. The van der Waals surface area contributed by atoms with Gasteiger partial charge in [0.2, 0.25) is 0 Å². The van der Waals surface area contributed by atoms with E-state index in [0.29, 0.717) is 32.6 Å². The highest BCUT2D eigenvalue weighted by Gasteiger charge is 2.43. The van der Waals surface area contributed by atoms with E-state index in [0.717, 1.165) is 25.9 Å². The van der Waals surface area contributed by atoms with E-state index in [2.05, 4.69) is 10.2 Å². The molecule has 0 saturated heterocycles. The summed E-state index contributed by atoms with van der Waals surface area (Å²) < 4.78 is 10.4. The number of aliphatic carboxylic acids is 1. The minimum atomic E-state index is -0.782. The van der Waals surface area contributed by atoms with Gasteiger partial charge in [0.1, 0.15) is 5.54 Å². The fraction of sp³-hybridized carbons (Fsp3) is 0.933. The van der Waals surface area contributed by atoms with Gasteiger partial charge >= 0.3 is 5.97 Å². The molecule has 0 aromatic heterocycles. The van der Waals surface area contributed by atoms with Crippen LogP contribution in [0.4, 0.5) is 0 Å². The molecule has 1 rings (SSSR count). The Labute approximate surface area is 127 Å². The smallest absolute Gasteiger partial charge is 0.323 e. The van der Waals surface area contributed by atoms with Gasteiger partial charge in [0, 0.05) is 33.4 Å². The second-order valence-corrected chi connectivity index (χ2v) is 5.69. The van der Waals surface area contributed by atoms with E-state index in [1.807, 2.05) is 6.92 Å². The Morgan fingerprint density at radius 1 is 1.33 bits per heavy atom. The lowest BCUT2D eigenvalue weighted by molar-refractivity contribution is -0.147. The second kappa shape index (κ2) is 9.35. The molecule has 1 aliphatic rings. The van der Waals surface area contributed by atoms with Gasteiger partial charge in [0.15, 0.2) is 0 Å². The monoisotopic (exact) mass is 302 g/mol. The van der Waals surface area contributed by atoms with Crippen molar-refractivity contribution in [3.63, 3.8) is 0 Å². The normalized spacial score (nSPS) is 26.2. The molecular formula is C15H30N2O4. The Morgan fingerprint density at radius 2 is 1.95 bits per heavy atom. The lowest BCUT2D eigenvalue weighted by atomic mass is 9.78. The van der Waals surface area contributed by atoms with Crippen LogP contribution in [0.2, 0.25) is 0 Å². The van der Waals surface area contributed by atoms with Crippen molar-refractivity contribution in [3.8, 4) is 0 Å². The number of methoxy groups -OCH3 is 2. The van der Waals surface area contributed by atoms with Crippen LogP contribution in [0.25, 0.3) is 0 Å². The highest BCUT2D eigenvalue weighted by atomic mass is 16.5. The summed E-state index contributed by atoms with van der Waals surface area (Å²) in [5, 5.41) is 12.8. The molecule has 124 valence electrons. The van der Waals surface area contributed by atoms with Gasteiger partial charge in [0.05, 0.1) is 13.2 Å². The van der Waals surface area contributed by atoms with Crippen LogP contribution in [-0.4, -0.2) is 74.6 Å². The molecule has 0 spiro atoms. The first kappa shape index (κ1) is 18.4. The number of nitrogens with zero attached hydrogens (tertiary/aromatic N) is 1. The maximum absolute atomic E-state index is 11.7. The lowest BCUT2D eigenvalue weighted by Crippen LogP contribution is -2.58. The highest BCUT2D eigenvalue weighted by Crippen LogP contribution is 2.31. The Kier molecular flexibility index (Phi) is 8.18. The lowest BCUT2D eigenvalue weighted by Gasteiger charge is -2.42. The molecule has 0 radical (unpaired) electrons. The zero-order valence-corrected chi connectivity index (χ0v) is 13.6. The van der Waals surface area contributed by atoms with E-state index in [4.69, 9.17) is 9.47 Å². The predicted octanol–water partition coefficient (Wildman–Crippen LogP) is 0.957. The van der Waals surface area contributed by atoms with Gasteiger partial charge in [-0.2, -0.15) is 0 Å². The number of hydrogen-bond donors (Lipinski definition) is 2. The number of rotatable bonds is 10. The molecule has 6 heteroatoms. The van der Waals surface area contributed by atoms with Crippen LogP contribution in [0.15, 0.2) is 0 Å². The largest absolute Gasteiger partial charge is 0.480 e. The zero-order valence-electron chi connectivity index (χ0n) is 13.6. The number of likely N-dealkylation sites (N-methyl/N-ethyl adjacent to an activating group) is 1. The number of carboxylic acids is 1. The third kappa shape index (κ3) is 5.21. The van der Waals surface area contributed by atoms with Gasteiger partial charge in [-0.05, 0) is 32.2 Å². The second-order valence-electron chi connectivity index (χ2n) is 5.69. The number of carboxylic acid groups (broad SMARTS) is 1. The number of carbonyl (C=O) groups is 1. The molecule has 0 aromatic rings. The van der Waals surface area contributed by atoms with Crippen molar-refractivity contribution in [2.24, 2.45) is 0 Å². The Morgan fingerprint density at radius 3 is 2.43 bits per heavy atom. The van der Waals surface area contributed by atoms with Crippen molar-refractivity contribution < 1.29 is 19.4 Å². The molecule has 1 fully saturated rings. The summed E-state index contributed by atoms with van der Waals surface area (Å²) in [4.78, 5) is 14.0. The van der Waals surface area contributed by atoms with Gasteiger partial charge in [-0.25, -0.2) is 0 Å². The maximum Gasteiger partial charge on any atom is 0.323 e. The van der Waals surface area contributed by atoms with Gasteiger partial charge in [0.25, 0.3) is 0 Å². The summed E-state index contributed by atoms with van der Waals surface area (Å²) >= 11 is 0. The Bertz CT molecular complexity index is 302. The SMILES string of the molecule is CCNC1(C(=O)O)CCCC(N(CCOC)CCOC)C1. The van der Waals surface area contributed by atoms with E-state index >= 15 is 0 Å². The molecule has 6 nitrogen and oxygen atoms in total. The van der Waals surface area contributed by atoms with Crippen molar-refractivity contribution in [2.45, 2.75) is 44.2 Å². The van der Waals surface area contributed by atoms with Crippen LogP contribution in [0, 0.1) is 0 Å². The molecule has 0 aromatic carbocycles. The quantitative estimate of drug-likeness (QED) is 0.626. The fourth-order valence-electron chi connectivity index (χ4n) is 3.22. The van der Waals surface area contributed by atoms with Gasteiger partial charge in [-0.1, -0.05) is 6.92 Å². The van der Waals surface area contributed by atoms with E-state index in [9.17, 15) is 9.90 Å². The summed E-state index contributed by atoms with van der Waals surface area (Å²) in [6.07, 6.45) is 3.31. The first-order valence-corrected chi connectivity index (χ1v) is 7.80. The minimum Gasteiger partial charge on any atom is -0.480 e. The summed E-state index contributed by atoms with van der Waals surface area (Å²) in [6.45, 7) is 5.57. The molecule has 2 N–H and O–H groups in total. The zero-order chi connectivity index (χ0) is 15.7. The summed E-state index contributed by atoms with van der Waals surface area (Å²) in [5.74, 6) is -0.729. The molecule has 21 heavy (non-hydrogen) atoms. The average Bonchev–Trinajstić information content (AvgIpc) is 2.48. The van der Waals surface area contributed by atoms with Crippen LogP contribution in [0.3, 0.4) is 0 Å². The molecule has 1 aliphatic carbocycles. The molecule has 0 heterocycles. The van der Waals surface area contributed by atoms with Crippen molar-refractivity contribution >= 4 is 5.97 Å². The maximum atomic E-state index is 11.7. The number of nitrogens with one attached hydrogen (secondary N) is 1. The third-order valence-corrected chi connectivity index (χ3v) is 4.33. The topological polar surface area (TPSA) is 71.0 Å². The Balaban J connectivity index is 2.75. The molecule has 0 aliphatic heterocycles. The van der Waals surface area contributed by atoms with Crippen molar-refractivity contribution in [1.82, 2.24) is 10.2 Å². The van der Waals surface area contributed by atoms with E-state index in [-0.39, 0.29) is 6.04 Å². The minimum absolute atomic E-state index is 0.263. The van der Waals surface area contributed by atoms with E-state index in [1.54, 1.807) is 14.2 Å². The van der Waals surface area contributed by atoms with Gasteiger partial charge in [-0.15, -0.1) is 0 Å². The summed E-state index contributed by atoms with van der Waals surface area (Å²) in [7, 11) is 3.38. The van der Waals surface area contributed by atoms with Crippen LogP contribution in [-0.2, 0) is 14.3 Å². The van der Waals surface area contributed by atoms with Crippen molar-refractivity contribution in [2.75, 3.05) is 47.1 Å². The number of hydrogen-bond acceptors (Lipinski definition) is 5. The van der Waals surface area contributed by atoms with Gasteiger partial charge in [-0.3, -0.25) is 9.69 Å². The average molecular weight is 302 g/mol. The van der Waals surface area contributed by atoms with Crippen LogP contribution < -0.4 is 5.32 Å². The van der Waals surface area contributed by atoms with Crippen molar-refractivity contribution in [3.05, 3.63) is 0 Å². The summed E-state index contributed by atoms with van der Waals surface area (Å²) in [6, 6.07) is 0.263. The van der Waals surface area contributed by atoms with Crippen LogP contribution in [0.1, 0.15) is 32.6 Å². The Hall–Kier alpha value is -0.690. The first-order valence-electron chi connectivity index (χ1n) is 7.80. The van der Waals surface area contributed by atoms with E-state index in [1.165, 1.54) is 0 Å².